The summed E-state index contributed by atoms with van der Waals surface area (Å²) in [4.78, 5) is 17.5. The molecule has 1 aliphatic carbocycles. The summed E-state index contributed by atoms with van der Waals surface area (Å²) in [5.41, 5.74) is 0.877. The van der Waals surface area contributed by atoms with Gasteiger partial charge in [0.05, 0.1) is 18.1 Å². The predicted octanol–water partition coefficient (Wildman–Crippen LogP) is 3.76. The number of carbonyl (C=O) groups excluding carboxylic acids is 1. The fourth-order valence-corrected chi connectivity index (χ4v) is 3.77. The third-order valence-electron chi connectivity index (χ3n) is 4.12. The Kier molecular flexibility index (Phi) is 5.81. The Morgan fingerprint density at radius 1 is 1.36 bits per heavy atom. The first kappa shape index (κ1) is 17.6. The van der Waals surface area contributed by atoms with E-state index in [9.17, 15) is 4.79 Å². The summed E-state index contributed by atoms with van der Waals surface area (Å²) in [6.45, 7) is 4.05. The van der Waals surface area contributed by atoms with Crippen LogP contribution in [0.5, 0.6) is 11.5 Å². The van der Waals surface area contributed by atoms with E-state index in [0.29, 0.717) is 34.2 Å². The van der Waals surface area contributed by atoms with Crippen molar-refractivity contribution in [2.45, 2.75) is 31.7 Å². The zero-order valence-corrected chi connectivity index (χ0v) is 15.1. The van der Waals surface area contributed by atoms with Crippen LogP contribution in [0.15, 0.2) is 40.8 Å². The summed E-state index contributed by atoms with van der Waals surface area (Å²) in [5, 5.41) is 3.57. The van der Waals surface area contributed by atoms with Crippen LogP contribution in [0, 0.1) is 0 Å². The molecule has 0 aromatic heterocycles. The summed E-state index contributed by atoms with van der Waals surface area (Å²) in [6, 6.07) is 5.93. The van der Waals surface area contributed by atoms with Crippen molar-refractivity contribution < 1.29 is 14.3 Å². The number of nitrogens with one attached hydrogen (secondary N) is 1. The first-order valence-electron chi connectivity index (χ1n) is 8.40. The van der Waals surface area contributed by atoms with Gasteiger partial charge in [-0.2, -0.15) is 0 Å². The Morgan fingerprint density at radius 3 is 2.88 bits per heavy atom. The Hall–Kier alpha value is -2.21. The molecule has 1 saturated carbocycles. The van der Waals surface area contributed by atoms with Gasteiger partial charge in [0.2, 0.25) is 0 Å². The van der Waals surface area contributed by atoms with Crippen molar-refractivity contribution in [2.75, 3.05) is 13.7 Å². The van der Waals surface area contributed by atoms with Gasteiger partial charge in [-0.25, -0.2) is 0 Å². The van der Waals surface area contributed by atoms with Crippen LogP contribution < -0.4 is 14.8 Å². The van der Waals surface area contributed by atoms with E-state index >= 15 is 0 Å². The number of hydrogen-bond acceptors (Lipinski definition) is 5. The molecular weight excluding hydrogens is 336 g/mol. The third kappa shape index (κ3) is 4.45. The van der Waals surface area contributed by atoms with E-state index in [4.69, 9.17) is 9.47 Å². The van der Waals surface area contributed by atoms with Crippen molar-refractivity contribution in [3.8, 4) is 11.5 Å². The second-order valence-corrected chi connectivity index (χ2v) is 6.98. The SMILES string of the molecule is C=CCOc1ccc(C=C2SC(=NC3CCCC3)NC2=O)cc1OC. The smallest absolute Gasteiger partial charge is 0.264 e. The van der Waals surface area contributed by atoms with E-state index < -0.39 is 0 Å². The molecule has 1 heterocycles. The van der Waals surface area contributed by atoms with Gasteiger partial charge in [0.15, 0.2) is 16.7 Å². The quantitative estimate of drug-likeness (QED) is 0.621. The second kappa shape index (κ2) is 8.25. The summed E-state index contributed by atoms with van der Waals surface area (Å²) in [6.07, 6.45) is 8.20. The number of benzene rings is 1. The highest BCUT2D eigenvalue weighted by atomic mass is 32.2. The van der Waals surface area contributed by atoms with Gasteiger partial charge in [-0.15, -0.1) is 0 Å². The Labute approximate surface area is 152 Å². The molecule has 1 N–H and O–H groups in total. The van der Waals surface area contributed by atoms with Crippen molar-refractivity contribution in [2.24, 2.45) is 4.99 Å². The number of thioether (sulfide) groups is 1. The van der Waals surface area contributed by atoms with Crippen molar-refractivity contribution in [1.82, 2.24) is 5.32 Å². The number of ether oxygens (including phenoxy) is 2. The maximum Gasteiger partial charge on any atom is 0.264 e. The molecule has 1 amide bonds. The molecule has 6 heteroatoms. The topological polar surface area (TPSA) is 59.9 Å². The highest BCUT2D eigenvalue weighted by molar-refractivity contribution is 8.18. The lowest BCUT2D eigenvalue weighted by Crippen LogP contribution is -2.21. The Bertz CT molecular complexity index is 721. The number of amides is 1. The number of carbonyl (C=O) groups is 1. The zero-order valence-electron chi connectivity index (χ0n) is 14.3. The molecule has 1 aromatic rings. The van der Waals surface area contributed by atoms with E-state index in [1.165, 1.54) is 24.6 Å². The van der Waals surface area contributed by atoms with Crippen LogP contribution in [0.25, 0.3) is 6.08 Å². The van der Waals surface area contributed by atoms with E-state index in [0.717, 1.165) is 18.4 Å². The van der Waals surface area contributed by atoms with Crippen molar-refractivity contribution >= 4 is 28.9 Å². The van der Waals surface area contributed by atoms with Gasteiger partial charge >= 0.3 is 0 Å². The fraction of sp³-hybridized carbons (Fsp3) is 0.368. The van der Waals surface area contributed by atoms with Crippen molar-refractivity contribution in [1.29, 1.82) is 0 Å². The van der Waals surface area contributed by atoms with E-state index in [-0.39, 0.29) is 5.91 Å². The molecule has 5 nitrogen and oxygen atoms in total. The van der Waals surface area contributed by atoms with Gasteiger partial charge in [0.25, 0.3) is 5.91 Å². The number of rotatable bonds is 6. The molecule has 25 heavy (non-hydrogen) atoms. The van der Waals surface area contributed by atoms with E-state index in [1.54, 1.807) is 13.2 Å². The highest BCUT2D eigenvalue weighted by Gasteiger charge is 2.25. The molecule has 1 aliphatic heterocycles. The molecule has 0 radical (unpaired) electrons. The van der Waals surface area contributed by atoms with Gasteiger partial charge in [0.1, 0.15) is 6.61 Å². The average molecular weight is 358 g/mol. The van der Waals surface area contributed by atoms with Crippen LogP contribution in [0.4, 0.5) is 0 Å². The number of hydrogen-bond donors (Lipinski definition) is 1. The summed E-state index contributed by atoms with van der Waals surface area (Å²) >= 11 is 1.40. The molecule has 1 aromatic carbocycles. The lowest BCUT2D eigenvalue weighted by atomic mass is 10.2. The number of nitrogens with zero attached hydrogens (tertiary/aromatic N) is 1. The van der Waals surface area contributed by atoms with Gasteiger partial charge in [-0.1, -0.05) is 31.6 Å². The van der Waals surface area contributed by atoms with E-state index in [2.05, 4.69) is 16.9 Å². The number of methoxy groups -OCH3 is 1. The summed E-state index contributed by atoms with van der Waals surface area (Å²) in [5.74, 6) is 1.17. The van der Waals surface area contributed by atoms with Crippen LogP contribution >= 0.6 is 11.8 Å². The standard InChI is InChI=1S/C19H22N2O3S/c1-3-10-24-15-9-8-13(11-16(15)23-2)12-17-18(22)21-19(25-17)20-14-6-4-5-7-14/h3,8-9,11-12,14H,1,4-7,10H2,2H3,(H,20,21,22). The normalized spacial score (nSPS) is 20.9. The minimum absolute atomic E-state index is 0.104. The summed E-state index contributed by atoms with van der Waals surface area (Å²) in [7, 11) is 1.59. The molecule has 132 valence electrons. The lowest BCUT2D eigenvalue weighted by Gasteiger charge is -2.09. The summed E-state index contributed by atoms with van der Waals surface area (Å²) < 4.78 is 10.9. The maximum atomic E-state index is 12.2. The zero-order chi connectivity index (χ0) is 17.6. The van der Waals surface area contributed by atoms with Crippen LogP contribution in [0.3, 0.4) is 0 Å². The van der Waals surface area contributed by atoms with E-state index in [1.807, 2.05) is 24.3 Å². The molecule has 0 spiro atoms. The average Bonchev–Trinajstić information content (AvgIpc) is 3.24. The van der Waals surface area contributed by atoms with Crippen molar-refractivity contribution in [3.63, 3.8) is 0 Å². The molecule has 1 saturated heterocycles. The van der Waals surface area contributed by atoms with Gasteiger partial charge in [0, 0.05) is 0 Å². The lowest BCUT2D eigenvalue weighted by molar-refractivity contribution is -0.115. The monoisotopic (exact) mass is 358 g/mol. The van der Waals surface area contributed by atoms with Gasteiger partial charge in [-0.3, -0.25) is 9.79 Å². The van der Waals surface area contributed by atoms with Gasteiger partial charge < -0.3 is 14.8 Å². The molecule has 0 unspecified atom stereocenters. The number of aliphatic imine (C=N–C) groups is 1. The van der Waals surface area contributed by atoms with Crippen molar-refractivity contribution in [3.05, 3.63) is 41.3 Å². The Balaban J connectivity index is 1.75. The molecule has 0 bridgehead atoms. The maximum absolute atomic E-state index is 12.2. The van der Waals surface area contributed by atoms with Crippen LogP contribution in [-0.2, 0) is 4.79 Å². The Morgan fingerprint density at radius 2 is 2.16 bits per heavy atom. The molecular formula is C19H22N2O3S. The van der Waals surface area contributed by atoms with Gasteiger partial charge in [-0.05, 0) is 48.4 Å². The number of amidine groups is 1. The minimum Gasteiger partial charge on any atom is -0.493 e. The molecule has 3 rings (SSSR count). The largest absolute Gasteiger partial charge is 0.493 e. The van der Waals surface area contributed by atoms with Crippen LogP contribution in [0.2, 0.25) is 0 Å². The highest BCUT2D eigenvalue weighted by Crippen LogP contribution is 2.32. The predicted molar refractivity (Wildman–Crippen MR) is 102 cm³/mol. The molecule has 2 aliphatic rings. The first-order chi connectivity index (χ1) is 12.2. The molecule has 0 atom stereocenters. The fourth-order valence-electron chi connectivity index (χ4n) is 2.88. The third-order valence-corrected chi connectivity index (χ3v) is 5.04. The van der Waals surface area contributed by atoms with Crippen LogP contribution in [-0.4, -0.2) is 30.8 Å². The molecule has 2 fully saturated rings. The first-order valence-corrected chi connectivity index (χ1v) is 9.21. The minimum atomic E-state index is -0.104. The van der Waals surface area contributed by atoms with Crippen LogP contribution in [0.1, 0.15) is 31.2 Å². The second-order valence-electron chi connectivity index (χ2n) is 5.95.